The van der Waals surface area contributed by atoms with Crippen molar-refractivity contribution in [2.45, 2.75) is 19.5 Å². The lowest BCUT2D eigenvalue weighted by Crippen LogP contribution is -2.23. The number of nitrogens with one attached hydrogen (secondary N) is 1. The zero-order chi connectivity index (χ0) is 21.4. The fourth-order valence-corrected chi connectivity index (χ4v) is 4.16. The van der Waals surface area contributed by atoms with Crippen LogP contribution >= 0.6 is 11.6 Å². The first kappa shape index (κ1) is 19.6. The van der Waals surface area contributed by atoms with E-state index < -0.39 is 5.82 Å². The predicted octanol–water partition coefficient (Wildman–Crippen LogP) is 5.49. The van der Waals surface area contributed by atoms with E-state index in [9.17, 15) is 9.18 Å². The van der Waals surface area contributed by atoms with Gasteiger partial charge in [0, 0.05) is 30.0 Å². The maximum absolute atomic E-state index is 13.3. The van der Waals surface area contributed by atoms with Crippen LogP contribution in [-0.2, 0) is 13.1 Å². The Hall–Kier alpha value is -3.38. The topological polar surface area (TPSA) is 50.2 Å². The Morgan fingerprint density at radius 2 is 1.84 bits per heavy atom. The molecule has 0 saturated carbocycles. The molecule has 4 aromatic rings. The fraction of sp³-hybridized carbons (Fsp3) is 0.167. The molecule has 31 heavy (non-hydrogen) atoms. The van der Waals surface area contributed by atoms with E-state index in [4.69, 9.17) is 16.6 Å². The van der Waals surface area contributed by atoms with Gasteiger partial charge >= 0.3 is 0 Å². The molecule has 1 N–H and O–H groups in total. The van der Waals surface area contributed by atoms with E-state index in [1.807, 2.05) is 42.5 Å². The molecule has 1 aliphatic rings. The monoisotopic (exact) mass is 434 g/mol. The van der Waals surface area contributed by atoms with Gasteiger partial charge < -0.3 is 14.8 Å². The van der Waals surface area contributed by atoms with Crippen LogP contribution in [0, 0.1) is 5.82 Å². The summed E-state index contributed by atoms with van der Waals surface area (Å²) in [5, 5.41) is 2.75. The van der Waals surface area contributed by atoms with E-state index in [0.29, 0.717) is 11.3 Å². The number of rotatable bonds is 3. The summed E-state index contributed by atoms with van der Waals surface area (Å²) in [6.07, 6.45) is 1.02. The summed E-state index contributed by atoms with van der Waals surface area (Å²) in [4.78, 5) is 19.5. The van der Waals surface area contributed by atoms with Gasteiger partial charge in [-0.15, -0.1) is 0 Å². The number of aromatic nitrogens is 2. The average molecular weight is 435 g/mol. The van der Waals surface area contributed by atoms with Crippen LogP contribution in [0.2, 0.25) is 5.02 Å². The number of hydrogen-bond acceptors (Lipinski definition) is 3. The van der Waals surface area contributed by atoms with Crippen molar-refractivity contribution in [3.63, 3.8) is 0 Å². The normalized spacial score (nSPS) is 13.7. The summed E-state index contributed by atoms with van der Waals surface area (Å²) in [6, 6.07) is 19.9. The zero-order valence-electron chi connectivity index (χ0n) is 16.7. The number of imidazole rings is 1. The van der Waals surface area contributed by atoms with Gasteiger partial charge in [-0.05, 0) is 61.0 Å². The number of fused-ring (bicyclic) bond motifs is 3. The highest BCUT2D eigenvalue weighted by atomic mass is 35.5. The maximum atomic E-state index is 13.3. The van der Waals surface area contributed by atoms with Gasteiger partial charge in [-0.25, -0.2) is 9.37 Å². The number of anilines is 2. The molecule has 3 aromatic carbocycles. The molecule has 5 nitrogen and oxygen atoms in total. The first-order valence-electron chi connectivity index (χ1n) is 10.1. The molecule has 0 radical (unpaired) electrons. The SMILES string of the molecule is O=C(Nc1ccc(N2CCCn3c(nc4ccccc43)C2)cc1)c1ccc(F)c(Cl)c1. The molecule has 0 spiro atoms. The highest BCUT2D eigenvalue weighted by Gasteiger charge is 2.18. The second-order valence-electron chi connectivity index (χ2n) is 7.57. The van der Waals surface area contributed by atoms with E-state index in [0.717, 1.165) is 43.1 Å². The van der Waals surface area contributed by atoms with Crippen LogP contribution in [0.5, 0.6) is 0 Å². The van der Waals surface area contributed by atoms with Crippen LogP contribution in [0.25, 0.3) is 11.0 Å². The Bertz CT molecular complexity index is 1270. The molecule has 0 atom stereocenters. The van der Waals surface area contributed by atoms with E-state index in [1.165, 1.54) is 23.7 Å². The van der Waals surface area contributed by atoms with Crippen molar-refractivity contribution in [3.05, 3.63) is 89.0 Å². The molecule has 1 aliphatic heterocycles. The van der Waals surface area contributed by atoms with Crippen molar-refractivity contribution < 1.29 is 9.18 Å². The summed E-state index contributed by atoms with van der Waals surface area (Å²) in [5.41, 5.74) is 4.25. The van der Waals surface area contributed by atoms with Crippen LogP contribution in [0.3, 0.4) is 0 Å². The lowest BCUT2D eigenvalue weighted by atomic mass is 10.2. The first-order valence-corrected chi connectivity index (χ1v) is 10.5. The van der Waals surface area contributed by atoms with Gasteiger partial charge in [-0.2, -0.15) is 0 Å². The molecule has 0 bridgehead atoms. The molecular weight excluding hydrogens is 415 g/mol. The van der Waals surface area contributed by atoms with Crippen molar-refractivity contribution >= 4 is 39.9 Å². The molecule has 2 heterocycles. The number of amides is 1. The van der Waals surface area contributed by atoms with Crippen LogP contribution in [0.15, 0.2) is 66.7 Å². The fourth-order valence-electron chi connectivity index (χ4n) is 3.98. The number of aryl methyl sites for hydroxylation is 1. The smallest absolute Gasteiger partial charge is 0.255 e. The molecule has 0 saturated heterocycles. The van der Waals surface area contributed by atoms with Crippen molar-refractivity contribution in [1.29, 1.82) is 0 Å². The number of nitrogens with zero attached hydrogens (tertiary/aromatic N) is 3. The third-order valence-electron chi connectivity index (χ3n) is 5.55. The average Bonchev–Trinajstić information content (AvgIpc) is 2.99. The molecule has 0 fully saturated rings. The largest absolute Gasteiger partial charge is 0.364 e. The van der Waals surface area contributed by atoms with E-state index >= 15 is 0 Å². The molecule has 5 rings (SSSR count). The Kier molecular flexibility index (Phi) is 5.08. The zero-order valence-corrected chi connectivity index (χ0v) is 17.4. The minimum Gasteiger partial charge on any atom is -0.364 e. The third-order valence-corrected chi connectivity index (χ3v) is 5.84. The Labute approximate surface area is 184 Å². The van der Waals surface area contributed by atoms with Gasteiger partial charge in [0.25, 0.3) is 5.91 Å². The standard InChI is InChI=1S/C24H20ClFN4O/c25-19-14-16(6-11-20(19)26)24(31)27-17-7-9-18(10-8-17)29-12-3-13-30-22-5-2-1-4-21(22)28-23(30)15-29/h1-2,4-11,14H,3,12-13,15H2,(H,27,31). The molecule has 7 heteroatoms. The lowest BCUT2D eigenvalue weighted by molar-refractivity contribution is 0.102. The van der Waals surface area contributed by atoms with Gasteiger partial charge in [0.1, 0.15) is 11.6 Å². The number of benzene rings is 3. The molecule has 1 amide bonds. The van der Waals surface area contributed by atoms with E-state index in [2.05, 4.69) is 20.9 Å². The van der Waals surface area contributed by atoms with Crippen LogP contribution in [-0.4, -0.2) is 22.0 Å². The van der Waals surface area contributed by atoms with Gasteiger partial charge in [0.05, 0.1) is 22.6 Å². The van der Waals surface area contributed by atoms with E-state index in [-0.39, 0.29) is 10.9 Å². The van der Waals surface area contributed by atoms with Crippen LogP contribution in [0.1, 0.15) is 22.6 Å². The molecule has 0 unspecified atom stereocenters. The summed E-state index contributed by atoms with van der Waals surface area (Å²) in [7, 11) is 0. The first-order chi connectivity index (χ1) is 15.1. The summed E-state index contributed by atoms with van der Waals surface area (Å²) >= 11 is 5.78. The van der Waals surface area contributed by atoms with Gasteiger partial charge in [0.15, 0.2) is 0 Å². The number of carbonyl (C=O) groups is 1. The maximum Gasteiger partial charge on any atom is 0.255 e. The van der Waals surface area contributed by atoms with Gasteiger partial charge in [-0.3, -0.25) is 4.79 Å². The lowest BCUT2D eigenvalue weighted by Gasteiger charge is -2.22. The molecule has 0 aliphatic carbocycles. The van der Waals surface area contributed by atoms with Crippen molar-refractivity contribution in [2.75, 3.05) is 16.8 Å². The summed E-state index contributed by atoms with van der Waals surface area (Å²) in [5.74, 6) is 0.177. The number of carbonyl (C=O) groups excluding carboxylic acids is 1. The molecule has 1 aromatic heterocycles. The third kappa shape index (κ3) is 3.86. The molecule has 156 valence electrons. The van der Waals surface area contributed by atoms with Gasteiger partial charge in [0.2, 0.25) is 0 Å². The minimum atomic E-state index is -0.548. The second-order valence-corrected chi connectivity index (χ2v) is 7.98. The van der Waals surface area contributed by atoms with Crippen molar-refractivity contribution in [1.82, 2.24) is 9.55 Å². The van der Waals surface area contributed by atoms with Crippen molar-refractivity contribution in [2.24, 2.45) is 0 Å². The van der Waals surface area contributed by atoms with Crippen LogP contribution < -0.4 is 10.2 Å². The molecular formula is C24H20ClFN4O. The number of halogens is 2. The predicted molar refractivity (Wildman–Crippen MR) is 121 cm³/mol. The Morgan fingerprint density at radius 1 is 1.03 bits per heavy atom. The Morgan fingerprint density at radius 3 is 2.65 bits per heavy atom. The van der Waals surface area contributed by atoms with E-state index in [1.54, 1.807) is 0 Å². The van der Waals surface area contributed by atoms with Crippen LogP contribution in [0.4, 0.5) is 15.8 Å². The highest BCUT2D eigenvalue weighted by Crippen LogP contribution is 2.26. The highest BCUT2D eigenvalue weighted by molar-refractivity contribution is 6.31. The minimum absolute atomic E-state index is 0.0739. The van der Waals surface area contributed by atoms with Crippen molar-refractivity contribution in [3.8, 4) is 0 Å². The number of para-hydroxylation sites is 2. The van der Waals surface area contributed by atoms with Gasteiger partial charge in [-0.1, -0.05) is 23.7 Å². The number of hydrogen-bond donors (Lipinski definition) is 1. The second kappa shape index (κ2) is 8.04. The quantitative estimate of drug-likeness (QED) is 0.463. The Balaban J connectivity index is 1.32. The summed E-state index contributed by atoms with van der Waals surface area (Å²) in [6.45, 7) is 2.60. The summed E-state index contributed by atoms with van der Waals surface area (Å²) < 4.78 is 15.6.